The Hall–Kier alpha value is -4.09. The third-order valence-corrected chi connectivity index (χ3v) is 4.66. The molecule has 0 spiro atoms. The molecule has 5 N–H and O–H groups in total. The number of halogens is 3. The Balaban J connectivity index is 2.00. The first kappa shape index (κ1) is 27.2. The number of aromatic nitrogens is 1. The second-order valence-electron chi connectivity index (χ2n) is 7.30. The maximum absolute atomic E-state index is 13.3. The van der Waals surface area contributed by atoms with Crippen LogP contribution >= 0.6 is 0 Å². The van der Waals surface area contributed by atoms with Crippen molar-refractivity contribution in [1.29, 1.82) is 0 Å². The highest BCUT2D eigenvalue weighted by Gasteiger charge is 2.33. The smallest absolute Gasteiger partial charge is 0.417 e. The highest BCUT2D eigenvalue weighted by Crippen LogP contribution is 2.36. The van der Waals surface area contributed by atoms with Gasteiger partial charge in [0.15, 0.2) is 0 Å². The molecular formula is C23H25F3N4O5. The lowest BCUT2D eigenvalue weighted by molar-refractivity contribution is -0.138. The molecule has 1 atom stereocenters. The second kappa shape index (κ2) is 12.4. The van der Waals surface area contributed by atoms with Crippen molar-refractivity contribution < 1.29 is 37.1 Å². The summed E-state index contributed by atoms with van der Waals surface area (Å²) in [7, 11) is 0. The summed E-state index contributed by atoms with van der Waals surface area (Å²) < 4.78 is 44.5. The number of aromatic amines is 1. The predicted octanol–water partition coefficient (Wildman–Crippen LogP) is 2.30. The summed E-state index contributed by atoms with van der Waals surface area (Å²) in [6.07, 6.45) is -2.07. The Bertz CT molecular complexity index is 1090. The molecule has 0 bridgehead atoms. The van der Waals surface area contributed by atoms with E-state index in [9.17, 15) is 32.3 Å². The van der Waals surface area contributed by atoms with E-state index in [1.54, 1.807) is 6.92 Å². The third kappa shape index (κ3) is 8.65. The van der Waals surface area contributed by atoms with Crippen LogP contribution in [0.25, 0.3) is 11.3 Å². The van der Waals surface area contributed by atoms with E-state index in [-0.39, 0.29) is 36.4 Å². The maximum atomic E-state index is 13.3. The van der Waals surface area contributed by atoms with Crippen molar-refractivity contribution in [3.05, 3.63) is 59.8 Å². The molecule has 0 saturated heterocycles. The molecule has 3 amide bonds. The first-order valence-corrected chi connectivity index (χ1v) is 10.6. The molecule has 35 heavy (non-hydrogen) atoms. The van der Waals surface area contributed by atoms with Crippen LogP contribution in [0.15, 0.2) is 48.6 Å². The normalized spacial score (nSPS) is 12.2. The number of H-pyrrole nitrogens is 1. The van der Waals surface area contributed by atoms with Gasteiger partial charge in [0.05, 0.1) is 18.7 Å². The molecule has 1 aromatic carbocycles. The fraction of sp³-hybridized carbons (Fsp3) is 0.304. The van der Waals surface area contributed by atoms with Crippen LogP contribution in [-0.2, 0) is 25.3 Å². The lowest BCUT2D eigenvalue weighted by Crippen LogP contribution is -2.41. The molecule has 0 radical (unpaired) electrons. The molecule has 0 aliphatic carbocycles. The molecule has 2 aromatic rings. The van der Waals surface area contributed by atoms with Crippen molar-refractivity contribution >= 4 is 23.7 Å². The van der Waals surface area contributed by atoms with E-state index >= 15 is 0 Å². The highest BCUT2D eigenvalue weighted by atomic mass is 19.4. The average Bonchev–Trinajstić information content (AvgIpc) is 3.29. The Morgan fingerprint density at radius 2 is 1.86 bits per heavy atom. The topological polar surface area (TPSA) is 143 Å². The monoisotopic (exact) mass is 494 g/mol. The zero-order chi connectivity index (χ0) is 26.0. The lowest BCUT2D eigenvalue weighted by Gasteiger charge is -2.14. The van der Waals surface area contributed by atoms with E-state index in [2.05, 4.69) is 15.6 Å². The van der Waals surface area contributed by atoms with E-state index < -0.39 is 48.0 Å². The summed E-state index contributed by atoms with van der Waals surface area (Å²) in [5.41, 5.74) is 4.19. The van der Waals surface area contributed by atoms with Gasteiger partial charge in [-0.3, -0.25) is 14.4 Å². The molecule has 1 aromatic heterocycles. The molecule has 188 valence electrons. The summed E-state index contributed by atoms with van der Waals surface area (Å²) in [6.45, 7) is 1.32. The number of hydrogen-bond acceptors (Lipinski definition) is 5. The molecule has 2 rings (SSSR count). The Morgan fingerprint density at radius 1 is 1.14 bits per heavy atom. The quantitative estimate of drug-likeness (QED) is 0.280. The van der Waals surface area contributed by atoms with Crippen LogP contribution < -0.4 is 16.4 Å². The Kier molecular flexibility index (Phi) is 9.62. The van der Waals surface area contributed by atoms with Crippen molar-refractivity contribution in [3.8, 4) is 11.3 Å². The predicted molar refractivity (Wildman–Crippen MR) is 120 cm³/mol. The summed E-state index contributed by atoms with van der Waals surface area (Å²) >= 11 is 0. The molecular weight excluding hydrogens is 469 g/mol. The minimum Gasteiger partial charge on any atom is -0.463 e. The van der Waals surface area contributed by atoms with Crippen LogP contribution in [0.3, 0.4) is 0 Å². The van der Waals surface area contributed by atoms with Gasteiger partial charge in [-0.2, -0.15) is 13.2 Å². The Labute approximate surface area is 198 Å². The largest absolute Gasteiger partial charge is 0.463 e. The van der Waals surface area contributed by atoms with Crippen molar-refractivity contribution in [1.82, 2.24) is 15.6 Å². The van der Waals surface area contributed by atoms with Gasteiger partial charge in [-0.1, -0.05) is 24.3 Å². The Morgan fingerprint density at radius 3 is 2.51 bits per heavy atom. The van der Waals surface area contributed by atoms with Gasteiger partial charge in [0.2, 0.25) is 11.8 Å². The van der Waals surface area contributed by atoms with E-state index in [0.29, 0.717) is 0 Å². The maximum Gasteiger partial charge on any atom is 0.417 e. The average molecular weight is 494 g/mol. The fourth-order valence-electron chi connectivity index (χ4n) is 3.06. The van der Waals surface area contributed by atoms with Crippen LogP contribution in [0.1, 0.15) is 35.8 Å². The van der Waals surface area contributed by atoms with Gasteiger partial charge in [-0.05, 0) is 31.5 Å². The van der Waals surface area contributed by atoms with Gasteiger partial charge in [-0.15, -0.1) is 0 Å². The van der Waals surface area contributed by atoms with Crippen LogP contribution in [0.4, 0.5) is 13.2 Å². The molecule has 0 unspecified atom stereocenters. The summed E-state index contributed by atoms with van der Waals surface area (Å²) in [6, 6.07) is 6.83. The number of ether oxygens (including phenoxy) is 1. The summed E-state index contributed by atoms with van der Waals surface area (Å²) in [5, 5.41) is 4.89. The standard InChI is InChI=1S/C23H25F3N4O5/c1-2-35-21(33)12-8-14(7-11-19(27)31)29-20(32)13-28-22(34)18-10-9-17(30-18)15-5-3-4-6-16(15)23(24,25)26/h3-6,8-10,12,14,30H,2,7,11,13H2,1H3,(H2,27,31)(H,28,34)(H,29,32)/b12-8+/t14-/m1/s1. The molecule has 1 heterocycles. The number of alkyl halides is 3. The number of amides is 3. The van der Waals surface area contributed by atoms with Gasteiger partial charge in [-0.25, -0.2) is 4.79 Å². The number of rotatable bonds is 11. The van der Waals surface area contributed by atoms with Gasteiger partial charge < -0.3 is 26.1 Å². The minimum atomic E-state index is -4.57. The van der Waals surface area contributed by atoms with Crippen molar-refractivity contribution in [2.75, 3.05) is 13.2 Å². The van der Waals surface area contributed by atoms with Gasteiger partial charge >= 0.3 is 12.1 Å². The molecule has 0 saturated carbocycles. The SMILES string of the molecule is CCOC(=O)/C=C/[C@@H](CCC(N)=O)NC(=O)CNC(=O)c1ccc(-c2ccccc2C(F)(F)F)[nH]1. The fourth-order valence-corrected chi connectivity index (χ4v) is 3.06. The molecule has 0 aliphatic heterocycles. The van der Waals surface area contributed by atoms with Crippen LogP contribution in [0.2, 0.25) is 0 Å². The molecule has 12 heteroatoms. The van der Waals surface area contributed by atoms with E-state index in [1.165, 1.54) is 36.4 Å². The van der Waals surface area contributed by atoms with Gasteiger partial charge in [0.1, 0.15) is 5.69 Å². The number of benzene rings is 1. The van der Waals surface area contributed by atoms with Crippen molar-refractivity contribution in [3.63, 3.8) is 0 Å². The number of primary amides is 1. The van der Waals surface area contributed by atoms with E-state index in [0.717, 1.165) is 12.1 Å². The number of carbonyl (C=O) groups is 4. The first-order chi connectivity index (χ1) is 16.5. The number of carbonyl (C=O) groups excluding carboxylic acids is 4. The van der Waals surface area contributed by atoms with E-state index in [4.69, 9.17) is 10.5 Å². The number of esters is 1. The van der Waals surface area contributed by atoms with E-state index in [1.807, 2.05) is 0 Å². The van der Waals surface area contributed by atoms with Gasteiger partial charge in [0, 0.05) is 29.8 Å². The van der Waals surface area contributed by atoms with Crippen molar-refractivity contribution in [2.24, 2.45) is 5.73 Å². The summed E-state index contributed by atoms with van der Waals surface area (Å²) in [4.78, 5) is 49.8. The zero-order valence-corrected chi connectivity index (χ0v) is 18.8. The zero-order valence-electron chi connectivity index (χ0n) is 18.8. The molecule has 0 fully saturated rings. The first-order valence-electron chi connectivity index (χ1n) is 10.6. The van der Waals surface area contributed by atoms with Crippen LogP contribution in [0.5, 0.6) is 0 Å². The second-order valence-corrected chi connectivity index (χ2v) is 7.30. The number of hydrogen-bond donors (Lipinski definition) is 4. The van der Waals surface area contributed by atoms with Crippen LogP contribution in [0, 0.1) is 0 Å². The lowest BCUT2D eigenvalue weighted by atomic mass is 10.0. The summed E-state index contributed by atoms with van der Waals surface area (Å²) in [5.74, 6) is -2.58. The van der Waals surface area contributed by atoms with Gasteiger partial charge in [0.25, 0.3) is 5.91 Å². The molecule has 9 nitrogen and oxygen atoms in total. The third-order valence-electron chi connectivity index (χ3n) is 4.66. The van der Waals surface area contributed by atoms with Crippen molar-refractivity contribution in [2.45, 2.75) is 32.0 Å². The van der Waals surface area contributed by atoms with Crippen LogP contribution in [-0.4, -0.2) is 47.9 Å². The minimum absolute atomic E-state index is 0.0442. The molecule has 0 aliphatic rings. The highest BCUT2D eigenvalue weighted by molar-refractivity contribution is 5.96. The number of nitrogens with one attached hydrogen (secondary N) is 3. The number of nitrogens with two attached hydrogens (primary N) is 1.